The van der Waals surface area contributed by atoms with Gasteiger partial charge in [-0.1, -0.05) is 41.9 Å². The minimum Gasteiger partial charge on any atom is -0.375 e. The fourth-order valence-corrected chi connectivity index (χ4v) is 3.19. The van der Waals surface area contributed by atoms with Gasteiger partial charge >= 0.3 is 0 Å². The SMILES string of the molecule is CC1OC(C(O)(c2ccc(Cl)cc2)c2c[nH]c3ccccc23)O1. The number of para-hydroxylation sites is 1. The Labute approximate surface area is 138 Å². The summed E-state index contributed by atoms with van der Waals surface area (Å²) in [6.07, 6.45) is 0.705. The molecule has 118 valence electrons. The van der Waals surface area contributed by atoms with Gasteiger partial charge in [0.1, 0.15) is 0 Å². The van der Waals surface area contributed by atoms with Crippen molar-refractivity contribution in [3.8, 4) is 0 Å². The molecule has 1 saturated heterocycles. The second-order valence-corrected chi connectivity index (χ2v) is 6.13. The number of ether oxygens (including phenoxy) is 2. The van der Waals surface area contributed by atoms with Crippen molar-refractivity contribution in [1.82, 2.24) is 4.98 Å². The van der Waals surface area contributed by atoms with Gasteiger partial charge in [0.2, 0.25) is 6.29 Å². The smallest absolute Gasteiger partial charge is 0.200 e. The fraction of sp³-hybridized carbons (Fsp3) is 0.222. The Bertz CT molecular complexity index is 839. The number of halogens is 1. The summed E-state index contributed by atoms with van der Waals surface area (Å²) >= 11 is 5.98. The number of aromatic amines is 1. The summed E-state index contributed by atoms with van der Waals surface area (Å²) in [6.45, 7) is 1.80. The molecule has 0 radical (unpaired) electrons. The van der Waals surface area contributed by atoms with Crippen LogP contribution in [0, 0.1) is 0 Å². The van der Waals surface area contributed by atoms with Gasteiger partial charge in [-0.05, 0) is 30.7 Å². The van der Waals surface area contributed by atoms with Crippen LogP contribution in [0.25, 0.3) is 10.9 Å². The molecule has 0 aliphatic carbocycles. The number of hydrogen-bond acceptors (Lipinski definition) is 3. The van der Waals surface area contributed by atoms with Crippen molar-refractivity contribution in [3.63, 3.8) is 0 Å². The summed E-state index contributed by atoms with van der Waals surface area (Å²) in [4.78, 5) is 3.19. The lowest BCUT2D eigenvalue weighted by Gasteiger charge is -2.44. The van der Waals surface area contributed by atoms with Crippen LogP contribution >= 0.6 is 11.6 Å². The first-order valence-corrected chi connectivity index (χ1v) is 7.83. The molecular weight excluding hydrogens is 314 g/mol. The first kappa shape index (κ1) is 14.7. The van der Waals surface area contributed by atoms with Gasteiger partial charge in [0.05, 0.1) is 0 Å². The Morgan fingerprint density at radius 3 is 2.48 bits per heavy atom. The van der Waals surface area contributed by atoms with Crippen molar-refractivity contribution in [1.29, 1.82) is 0 Å². The largest absolute Gasteiger partial charge is 0.375 e. The minimum atomic E-state index is -1.42. The lowest BCUT2D eigenvalue weighted by atomic mass is 9.85. The quantitative estimate of drug-likeness (QED) is 0.769. The molecular formula is C18H16ClNO3. The Hall–Kier alpha value is -1.85. The van der Waals surface area contributed by atoms with Crippen LogP contribution in [0.3, 0.4) is 0 Å². The van der Waals surface area contributed by atoms with E-state index in [9.17, 15) is 5.11 Å². The third kappa shape index (κ3) is 2.26. The maximum Gasteiger partial charge on any atom is 0.200 e. The third-order valence-electron chi connectivity index (χ3n) is 4.26. The third-order valence-corrected chi connectivity index (χ3v) is 4.51. The van der Waals surface area contributed by atoms with Crippen molar-refractivity contribution < 1.29 is 14.6 Å². The highest BCUT2D eigenvalue weighted by atomic mass is 35.5. The van der Waals surface area contributed by atoms with Crippen LogP contribution in [0.5, 0.6) is 0 Å². The van der Waals surface area contributed by atoms with E-state index in [4.69, 9.17) is 21.1 Å². The van der Waals surface area contributed by atoms with E-state index in [1.807, 2.05) is 24.3 Å². The molecule has 1 fully saturated rings. The first-order valence-electron chi connectivity index (χ1n) is 7.45. The van der Waals surface area contributed by atoms with E-state index in [0.717, 1.165) is 10.9 Å². The molecule has 2 aromatic carbocycles. The molecule has 4 nitrogen and oxygen atoms in total. The number of aliphatic hydroxyl groups is 1. The molecule has 0 bridgehead atoms. The summed E-state index contributed by atoms with van der Waals surface area (Å²) in [5.41, 5.74) is 0.912. The van der Waals surface area contributed by atoms with Crippen LogP contribution < -0.4 is 0 Å². The van der Waals surface area contributed by atoms with Crippen LogP contribution in [0.1, 0.15) is 18.1 Å². The Kier molecular flexibility index (Phi) is 3.43. The number of nitrogens with one attached hydrogen (secondary N) is 1. The van der Waals surface area contributed by atoms with Gasteiger partial charge in [-0.15, -0.1) is 0 Å². The Morgan fingerprint density at radius 1 is 1.09 bits per heavy atom. The summed E-state index contributed by atoms with van der Waals surface area (Å²) in [6, 6.07) is 14.9. The fourth-order valence-electron chi connectivity index (χ4n) is 3.06. The maximum atomic E-state index is 11.6. The second kappa shape index (κ2) is 5.35. The molecule has 2 heterocycles. The average molecular weight is 330 g/mol. The van der Waals surface area contributed by atoms with E-state index in [1.165, 1.54) is 0 Å². The highest BCUT2D eigenvalue weighted by Gasteiger charge is 2.49. The number of H-pyrrole nitrogens is 1. The maximum absolute atomic E-state index is 11.6. The van der Waals surface area contributed by atoms with Crippen molar-refractivity contribution >= 4 is 22.5 Å². The van der Waals surface area contributed by atoms with Gasteiger partial charge in [-0.2, -0.15) is 0 Å². The summed E-state index contributed by atoms with van der Waals surface area (Å²) in [5, 5.41) is 13.1. The number of fused-ring (bicyclic) bond motifs is 1. The van der Waals surface area contributed by atoms with E-state index in [1.54, 1.807) is 37.4 Å². The summed E-state index contributed by atoms with van der Waals surface area (Å²) in [5.74, 6) is 0. The van der Waals surface area contributed by atoms with Crippen molar-refractivity contribution in [2.24, 2.45) is 0 Å². The van der Waals surface area contributed by atoms with Crippen LogP contribution in [0.2, 0.25) is 5.02 Å². The molecule has 3 aromatic rings. The molecule has 1 aliphatic heterocycles. The molecule has 1 atom stereocenters. The zero-order chi connectivity index (χ0) is 16.0. The average Bonchev–Trinajstić information content (AvgIpc) is 2.96. The van der Waals surface area contributed by atoms with Gasteiger partial charge < -0.3 is 19.6 Å². The predicted octanol–water partition coefficient (Wildman–Crippen LogP) is 3.78. The number of benzene rings is 2. The number of hydrogen-bond donors (Lipinski definition) is 2. The highest BCUT2D eigenvalue weighted by molar-refractivity contribution is 6.30. The van der Waals surface area contributed by atoms with E-state index >= 15 is 0 Å². The van der Waals surface area contributed by atoms with E-state index in [2.05, 4.69) is 4.98 Å². The van der Waals surface area contributed by atoms with Gasteiger partial charge in [-0.25, -0.2) is 0 Å². The molecule has 1 aliphatic rings. The molecule has 5 heteroatoms. The zero-order valence-electron chi connectivity index (χ0n) is 12.5. The predicted molar refractivity (Wildman–Crippen MR) is 88.2 cm³/mol. The number of rotatable bonds is 3. The normalized spacial score (nSPS) is 23.4. The molecule has 2 N–H and O–H groups in total. The van der Waals surface area contributed by atoms with Gasteiger partial charge in [0.15, 0.2) is 11.9 Å². The van der Waals surface area contributed by atoms with Gasteiger partial charge in [0, 0.05) is 27.7 Å². The topological polar surface area (TPSA) is 54.5 Å². The lowest BCUT2D eigenvalue weighted by molar-refractivity contribution is -0.416. The molecule has 1 unspecified atom stereocenters. The van der Waals surface area contributed by atoms with Crippen LogP contribution in [-0.4, -0.2) is 22.7 Å². The summed E-state index contributed by atoms with van der Waals surface area (Å²) in [7, 11) is 0. The van der Waals surface area contributed by atoms with Crippen LogP contribution in [0.4, 0.5) is 0 Å². The zero-order valence-corrected chi connectivity index (χ0v) is 13.2. The standard InChI is InChI=1S/C18H16ClNO3/c1-11-22-17(23-11)18(21,12-6-8-13(19)9-7-12)15-10-20-16-5-3-2-4-14(15)16/h2-11,17,20-21H,1H3. The van der Waals surface area contributed by atoms with Crippen LogP contribution in [0.15, 0.2) is 54.7 Å². The monoisotopic (exact) mass is 329 g/mol. The Balaban J connectivity index is 1.90. The molecule has 0 amide bonds. The summed E-state index contributed by atoms with van der Waals surface area (Å²) < 4.78 is 11.3. The van der Waals surface area contributed by atoms with Gasteiger partial charge in [-0.3, -0.25) is 0 Å². The molecule has 0 spiro atoms. The first-order chi connectivity index (χ1) is 11.1. The van der Waals surface area contributed by atoms with Crippen molar-refractivity contribution in [2.75, 3.05) is 0 Å². The Morgan fingerprint density at radius 2 is 1.78 bits per heavy atom. The van der Waals surface area contributed by atoms with E-state index in [0.29, 0.717) is 16.1 Å². The minimum absolute atomic E-state index is 0.330. The molecule has 4 rings (SSSR count). The number of aromatic nitrogens is 1. The van der Waals surface area contributed by atoms with E-state index < -0.39 is 11.9 Å². The van der Waals surface area contributed by atoms with Crippen molar-refractivity contribution in [2.45, 2.75) is 25.1 Å². The highest BCUT2D eigenvalue weighted by Crippen LogP contribution is 2.43. The molecule has 23 heavy (non-hydrogen) atoms. The van der Waals surface area contributed by atoms with Crippen LogP contribution in [-0.2, 0) is 15.1 Å². The van der Waals surface area contributed by atoms with Gasteiger partial charge in [0.25, 0.3) is 0 Å². The molecule has 1 aromatic heterocycles. The van der Waals surface area contributed by atoms with E-state index in [-0.39, 0.29) is 6.29 Å². The second-order valence-electron chi connectivity index (χ2n) is 5.69. The lowest BCUT2D eigenvalue weighted by Crippen LogP contribution is -2.54. The van der Waals surface area contributed by atoms with Crippen molar-refractivity contribution in [3.05, 3.63) is 70.9 Å². The molecule has 0 saturated carbocycles.